The van der Waals surface area contributed by atoms with Crippen molar-refractivity contribution in [3.05, 3.63) is 29.6 Å². The molecule has 0 spiro atoms. The van der Waals surface area contributed by atoms with Crippen LogP contribution < -0.4 is 4.90 Å². The van der Waals surface area contributed by atoms with Crippen LogP contribution in [0.3, 0.4) is 0 Å². The van der Waals surface area contributed by atoms with Gasteiger partial charge in [0.1, 0.15) is 17.7 Å². The molecule has 2 atom stereocenters. The third kappa shape index (κ3) is 3.23. The van der Waals surface area contributed by atoms with Crippen LogP contribution in [0.25, 0.3) is 0 Å². The molecular formula is C18H23FN2O3. The molecule has 0 N–H and O–H groups in total. The zero-order valence-corrected chi connectivity index (χ0v) is 14.3. The van der Waals surface area contributed by atoms with Crippen molar-refractivity contribution in [2.45, 2.75) is 51.3 Å². The quantitative estimate of drug-likeness (QED) is 0.779. The fourth-order valence-electron chi connectivity index (χ4n) is 3.57. The summed E-state index contributed by atoms with van der Waals surface area (Å²) in [4.78, 5) is 27.0. The van der Waals surface area contributed by atoms with Crippen molar-refractivity contribution in [2.24, 2.45) is 0 Å². The summed E-state index contributed by atoms with van der Waals surface area (Å²) in [7, 11) is 0. The standard InChI is InChI=1S/C18H23FN2O3/c1-18(2,3)24-17(23)21-13-5-6-14(21)10-20(9-13)16-7-4-12(11-22)8-15(16)19/h4,7-8,11,13-14H,5-6,9-10H2,1-3H3. The van der Waals surface area contributed by atoms with Crippen LogP contribution in [0.15, 0.2) is 18.2 Å². The van der Waals surface area contributed by atoms with Crippen molar-refractivity contribution < 1.29 is 18.7 Å². The Morgan fingerprint density at radius 3 is 2.38 bits per heavy atom. The van der Waals surface area contributed by atoms with E-state index >= 15 is 0 Å². The highest BCUT2D eigenvalue weighted by atomic mass is 19.1. The lowest BCUT2D eigenvalue weighted by molar-refractivity contribution is 0.0123. The van der Waals surface area contributed by atoms with Crippen LogP contribution in [0.5, 0.6) is 0 Å². The Bertz CT molecular complexity index is 642. The number of piperazine rings is 1. The first-order chi connectivity index (χ1) is 11.3. The third-order valence-corrected chi connectivity index (χ3v) is 4.53. The molecule has 2 heterocycles. The van der Waals surface area contributed by atoms with E-state index in [1.807, 2.05) is 30.6 Å². The molecule has 2 fully saturated rings. The first-order valence-corrected chi connectivity index (χ1v) is 8.29. The lowest BCUT2D eigenvalue weighted by Gasteiger charge is -2.42. The van der Waals surface area contributed by atoms with Crippen LogP contribution in [0.1, 0.15) is 44.0 Å². The van der Waals surface area contributed by atoms with Crippen LogP contribution in [-0.2, 0) is 4.74 Å². The number of amides is 1. The highest BCUT2D eigenvalue weighted by Gasteiger charge is 2.44. The Kier molecular flexibility index (Phi) is 4.24. The molecule has 6 heteroatoms. The number of aldehydes is 1. The molecule has 24 heavy (non-hydrogen) atoms. The third-order valence-electron chi connectivity index (χ3n) is 4.53. The second-order valence-corrected chi connectivity index (χ2v) is 7.51. The molecule has 1 amide bonds. The second kappa shape index (κ2) is 6.07. The van der Waals surface area contributed by atoms with Crippen LogP contribution >= 0.6 is 0 Å². The Labute approximate surface area is 141 Å². The van der Waals surface area contributed by atoms with Crippen LogP contribution in [-0.4, -0.2) is 48.1 Å². The summed E-state index contributed by atoms with van der Waals surface area (Å²) in [6, 6.07) is 4.58. The van der Waals surface area contributed by atoms with Crippen LogP contribution in [0.2, 0.25) is 0 Å². The monoisotopic (exact) mass is 334 g/mol. The van der Waals surface area contributed by atoms with Gasteiger partial charge in [-0.1, -0.05) is 0 Å². The molecule has 2 unspecified atom stereocenters. The zero-order valence-electron chi connectivity index (χ0n) is 14.3. The molecule has 0 aliphatic carbocycles. The fraction of sp³-hybridized carbons (Fsp3) is 0.556. The van der Waals surface area contributed by atoms with E-state index in [2.05, 4.69) is 0 Å². The summed E-state index contributed by atoms with van der Waals surface area (Å²) in [5.41, 5.74) is 0.290. The van der Waals surface area contributed by atoms with Crippen molar-refractivity contribution in [1.29, 1.82) is 0 Å². The number of halogens is 1. The summed E-state index contributed by atoms with van der Waals surface area (Å²) in [5, 5.41) is 0. The van der Waals surface area contributed by atoms with Gasteiger partial charge in [-0.25, -0.2) is 9.18 Å². The van der Waals surface area contributed by atoms with Gasteiger partial charge in [0.2, 0.25) is 0 Å². The number of hydrogen-bond acceptors (Lipinski definition) is 4. The normalized spacial score (nSPS) is 23.3. The molecule has 1 aromatic rings. The molecule has 130 valence electrons. The van der Waals surface area contributed by atoms with Crippen molar-refractivity contribution in [1.82, 2.24) is 4.90 Å². The van der Waals surface area contributed by atoms with Gasteiger partial charge in [0.25, 0.3) is 0 Å². The predicted octanol–water partition coefficient (Wildman–Crippen LogP) is 3.23. The zero-order chi connectivity index (χ0) is 17.5. The van der Waals surface area contributed by atoms with Crippen molar-refractivity contribution in [2.75, 3.05) is 18.0 Å². The van der Waals surface area contributed by atoms with Crippen molar-refractivity contribution >= 4 is 18.1 Å². The maximum Gasteiger partial charge on any atom is 0.410 e. The topological polar surface area (TPSA) is 49.9 Å². The van der Waals surface area contributed by atoms with Gasteiger partial charge in [-0.05, 0) is 51.8 Å². The average molecular weight is 334 g/mol. The Balaban J connectivity index is 1.76. The molecule has 2 aliphatic heterocycles. The van der Waals surface area contributed by atoms with E-state index in [0.717, 1.165) is 12.8 Å². The van der Waals surface area contributed by atoms with E-state index in [0.29, 0.717) is 30.6 Å². The Hall–Kier alpha value is -2.11. The molecule has 0 saturated carbocycles. The van der Waals surface area contributed by atoms with Crippen molar-refractivity contribution in [3.63, 3.8) is 0 Å². The maximum absolute atomic E-state index is 14.3. The van der Waals surface area contributed by atoms with Gasteiger partial charge in [0.15, 0.2) is 0 Å². The second-order valence-electron chi connectivity index (χ2n) is 7.51. The van der Waals surface area contributed by atoms with Gasteiger partial charge in [0, 0.05) is 18.7 Å². The van der Waals surface area contributed by atoms with Gasteiger partial charge in [-0.3, -0.25) is 9.69 Å². The Morgan fingerprint density at radius 1 is 1.25 bits per heavy atom. The minimum absolute atomic E-state index is 0.0312. The van der Waals surface area contributed by atoms with Crippen molar-refractivity contribution in [3.8, 4) is 0 Å². The van der Waals surface area contributed by atoms with Crippen LogP contribution in [0.4, 0.5) is 14.9 Å². The summed E-state index contributed by atoms with van der Waals surface area (Å²) in [5.74, 6) is -0.398. The number of rotatable bonds is 2. The highest BCUT2D eigenvalue weighted by Crippen LogP contribution is 2.34. The van der Waals surface area contributed by atoms with Gasteiger partial charge in [-0.2, -0.15) is 0 Å². The molecule has 2 saturated heterocycles. The molecule has 5 nitrogen and oxygen atoms in total. The van der Waals surface area contributed by atoms with E-state index < -0.39 is 11.4 Å². The van der Waals surface area contributed by atoms with E-state index in [1.165, 1.54) is 6.07 Å². The largest absolute Gasteiger partial charge is 0.444 e. The Morgan fingerprint density at radius 2 is 1.88 bits per heavy atom. The molecule has 0 aromatic heterocycles. The van der Waals surface area contributed by atoms with Gasteiger partial charge in [-0.15, -0.1) is 0 Å². The van der Waals surface area contributed by atoms with E-state index in [9.17, 15) is 14.0 Å². The van der Waals surface area contributed by atoms with Crippen LogP contribution in [0, 0.1) is 5.82 Å². The smallest absolute Gasteiger partial charge is 0.410 e. The van der Waals surface area contributed by atoms with Gasteiger partial charge in [0.05, 0.1) is 17.8 Å². The molecular weight excluding hydrogens is 311 g/mol. The molecule has 0 radical (unpaired) electrons. The van der Waals surface area contributed by atoms with Gasteiger partial charge < -0.3 is 9.64 Å². The minimum Gasteiger partial charge on any atom is -0.444 e. The van der Waals surface area contributed by atoms with Gasteiger partial charge >= 0.3 is 6.09 Å². The van der Waals surface area contributed by atoms with E-state index in [1.54, 1.807) is 12.1 Å². The average Bonchev–Trinajstić information content (AvgIpc) is 2.76. The number of fused-ring (bicyclic) bond motifs is 2. The van der Waals surface area contributed by atoms with E-state index in [-0.39, 0.29) is 18.2 Å². The highest BCUT2D eigenvalue weighted by molar-refractivity contribution is 5.76. The summed E-state index contributed by atoms with van der Waals surface area (Å²) < 4.78 is 19.8. The number of benzene rings is 1. The molecule has 3 rings (SSSR count). The number of anilines is 1. The first-order valence-electron chi connectivity index (χ1n) is 8.29. The number of ether oxygens (including phenoxy) is 1. The number of carbonyl (C=O) groups excluding carboxylic acids is 2. The minimum atomic E-state index is -0.523. The lowest BCUT2D eigenvalue weighted by Crippen LogP contribution is -2.57. The molecule has 1 aromatic carbocycles. The maximum atomic E-state index is 14.3. The summed E-state index contributed by atoms with van der Waals surface area (Å²) in [6.45, 7) is 6.72. The first kappa shape index (κ1) is 16.7. The SMILES string of the molecule is CC(C)(C)OC(=O)N1C2CCC1CN(c1ccc(C=O)cc1F)C2. The number of hydrogen-bond donors (Lipinski definition) is 0. The summed E-state index contributed by atoms with van der Waals surface area (Å²) >= 11 is 0. The summed E-state index contributed by atoms with van der Waals surface area (Å²) in [6.07, 6.45) is 2.14. The van der Waals surface area contributed by atoms with E-state index in [4.69, 9.17) is 4.74 Å². The number of carbonyl (C=O) groups is 2. The predicted molar refractivity (Wildman–Crippen MR) is 88.9 cm³/mol. The number of nitrogens with zero attached hydrogens (tertiary/aromatic N) is 2. The molecule has 2 bridgehead atoms. The molecule has 2 aliphatic rings. The fourth-order valence-corrected chi connectivity index (χ4v) is 3.57. The lowest BCUT2D eigenvalue weighted by atomic mass is 10.1.